The summed E-state index contributed by atoms with van der Waals surface area (Å²) < 4.78 is 38.3. The number of aryl methyl sites for hydroxylation is 1. The van der Waals surface area contributed by atoms with E-state index in [1.54, 1.807) is 12.1 Å². The van der Waals surface area contributed by atoms with Crippen molar-refractivity contribution in [3.63, 3.8) is 0 Å². The number of sulfone groups is 1. The first-order chi connectivity index (χ1) is 10.4. The molecule has 0 unspecified atom stereocenters. The number of hydrogen-bond donors (Lipinski definition) is 0. The number of benzene rings is 2. The molecular formula is C16H11ClFNO2S. The van der Waals surface area contributed by atoms with Gasteiger partial charge in [0.1, 0.15) is 10.7 Å². The summed E-state index contributed by atoms with van der Waals surface area (Å²) in [4.78, 5) is 4.05. The van der Waals surface area contributed by atoms with E-state index >= 15 is 0 Å². The molecule has 0 fully saturated rings. The van der Waals surface area contributed by atoms with Crippen LogP contribution in [0, 0.1) is 12.7 Å². The fraction of sp³-hybridized carbons (Fsp3) is 0.0625. The van der Waals surface area contributed by atoms with Crippen molar-refractivity contribution in [3.05, 3.63) is 65.1 Å². The van der Waals surface area contributed by atoms with Crippen molar-refractivity contribution in [1.29, 1.82) is 0 Å². The lowest BCUT2D eigenvalue weighted by molar-refractivity contribution is 0.594. The third-order valence-corrected chi connectivity index (χ3v) is 5.64. The first kappa shape index (κ1) is 14.9. The molecule has 0 spiro atoms. The summed E-state index contributed by atoms with van der Waals surface area (Å²) in [7, 11) is -3.85. The molecule has 0 amide bonds. The summed E-state index contributed by atoms with van der Waals surface area (Å²) in [5, 5.41) is 0.697. The fourth-order valence-electron chi connectivity index (χ4n) is 2.18. The van der Waals surface area contributed by atoms with Crippen molar-refractivity contribution in [2.45, 2.75) is 16.7 Å². The number of nitrogens with zero attached hydrogens (tertiary/aromatic N) is 1. The molecule has 22 heavy (non-hydrogen) atoms. The van der Waals surface area contributed by atoms with Crippen LogP contribution < -0.4 is 0 Å². The predicted molar refractivity (Wildman–Crippen MR) is 83.3 cm³/mol. The van der Waals surface area contributed by atoms with Crippen molar-refractivity contribution in [2.24, 2.45) is 0 Å². The summed E-state index contributed by atoms with van der Waals surface area (Å²) in [5.41, 5.74) is 1.57. The number of pyridine rings is 1. The Hall–Kier alpha value is -1.98. The molecule has 1 heterocycles. The average Bonchev–Trinajstić information content (AvgIpc) is 2.48. The molecule has 112 valence electrons. The van der Waals surface area contributed by atoms with Crippen LogP contribution in [0.3, 0.4) is 0 Å². The van der Waals surface area contributed by atoms with Gasteiger partial charge < -0.3 is 0 Å². The standard InChI is InChI=1S/C16H11ClFNO2S/c1-10-2-7-14-13(8-10)16(17)15(9-19-14)22(20,21)12-5-3-11(18)4-6-12/h2-9H,1H3. The molecule has 3 nitrogen and oxygen atoms in total. The monoisotopic (exact) mass is 335 g/mol. The van der Waals surface area contributed by atoms with Crippen LogP contribution in [-0.2, 0) is 9.84 Å². The lowest BCUT2D eigenvalue weighted by Gasteiger charge is -2.09. The maximum absolute atomic E-state index is 13.0. The Morgan fingerprint density at radius 3 is 2.45 bits per heavy atom. The Kier molecular flexibility index (Phi) is 3.62. The first-order valence-electron chi connectivity index (χ1n) is 6.45. The van der Waals surface area contributed by atoms with Gasteiger partial charge in [0.05, 0.1) is 15.4 Å². The van der Waals surface area contributed by atoms with Gasteiger partial charge in [-0.05, 0) is 43.3 Å². The molecule has 1 aromatic heterocycles. The molecular weight excluding hydrogens is 325 g/mol. The highest BCUT2D eigenvalue weighted by Gasteiger charge is 2.23. The minimum atomic E-state index is -3.85. The SMILES string of the molecule is Cc1ccc2ncc(S(=O)(=O)c3ccc(F)cc3)c(Cl)c2c1. The molecule has 0 atom stereocenters. The van der Waals surface area contributed by atoms with E-state index in [2.05, 4.69) is 4.98 Å². The van der Waals surface area contributed by atoms with Crippen molar-refractivity contribution < 1.29 is 12.8 Å². The number of rotatable bonds is 2. The van der Waals surface area contributed by atoms with E-state index in [1.165, 1.54) is 18.3 Å². The molecule has 0 aliphatic carbocycles. The second-order valence-corrected chi connectivity index (χ2v) is 7.21. The average molecular weight is 336 g/mol. The van der Waals surface area contributed by atoms with E-state index in [-0.39, 0.29) is 14.8 Å². The van der Waals surface area contributed by atoms with Gasteiger partial charge in [-0.25, -0.2) is 12.8 Å². The molecule has 0 bridgehead atoms. The summed E-state index contributed by atoms with van der Waals surface area (Å²) in [5.74, 6) is -0.502. The molecule has 2 aromatic carbocycles. The third-order valence-electron chi connectivity index (χ3n) is 3.34. The Morgan fingerprint density at radius 2 is 1.77 bits per heavy atom. The van der Waals surface area contributed by atoms with Crippen molar-refractivity contribution in [3.8, 4) is 0 Å². The van der Waals surface area contributed by atoms with E-state index in [9.17, 15) is 12.8 Å². The highest BCUT2D eigenvalue weighted by atomic mass is 35.5. The molecule has 0 aliphatic heterocycles. The molecule has 3 rings (SSSR count). The highest BCUT2D eigenvalue weighted by Crippen LogP contribution is 2.32. The van der Waals surface area contributed by atoms with Crippen LogP contribution in [0.1, 0.15) is 5.56 Å². The minimum absolute atomic E-state index is 0.0235. The topological polar surface area (TPSA) is 47.0 Å². The second-order valence-electron chi connectivity index (χ2n) is 4.91. The number of aromatic nitrogens is 1. The highest BCUT2D eigenvalue weighted by molar-refractivity contribution is 7.91. The van der Waals surface area contributed by atoms with Gasteiger partial charge >= 0.3 is 0 Å². The molecule has 0 saturated carbocycles. The van der Waals surface area contributed by atoms with Gasteiger partial charge in [-0.3, -0.25) is 4.98 Å². The first-order valence-corrected chi connectivity index (χ1v) is 8.31. The van der Waals surface area contributed by atoms with Gasteiger partial charge in [0.25, 0.3) is 0 Å². The number of hydrogen-bond acceptors (Lipinski definition) is 3. The van der Waals surface area contributed by atoms with E-state index in [4.69, 9.17) is 11.6 Å². The van der Waals surface area contributed by atoms with Crippen LogP contribution >= 0.6 is 11.6 Å². The van der Waals surface area contributed by atoms with Crippen molar-refractivity contribution in [2.75, 3.05) is 0 Å². The Balaban J connectivity index is 2.25. The Morgan fingerprint density at radius 1 is 1.09 bits per heavy atom. The third kappa shape index (κ3) is 2.46. The number of halogens is 2. The molecule has 3 aromatic rings. The molecule has 0 aliphatic rings. The Bertz CT molecular complexity index is 969. The predicted octanol–water partition coefficient (Wildman–Crippen LogP) is 4.17. The summed E-state index contributed by atoms with van der Waals surface area (Å²) in [6.07, 6.45) is 1.23. The van der Waals surface area contributed by atoms with E-state index < -0.39 is 15.7 Å². The van der Waals surface area contributed by atoms with E-state index in [0.29, 0.717) is 10.9 Å². The van der Waals surface area contributed by atoms with Crippen LogP contribution in [0.25, 0.3) is 10.9 Å². The van der Waals surface area contributed by atoms with Gasteiger partial charge in [-0.1, -0.05) is 23.2 Å². The van der Waals surface area contributed by atoms with E-state index in [0.717, 1.165) is 17.7 Å². The molecule has 6 heteroatoms. The maximum Gasteiger partial charge on any atom is 0.209 e. The van der Waals surface area contributed by atoms with Gasteiger partial charge in [0, 0.05) is 11.6 Å². The van der Waals surface area contributed by atoms with Crippen molar-refractivity contribution >= 4 is 32.3 Å². The summed E-state index contributed by atoms with van der Waals surface area (Å²) in [6, 6.07) is 10.1. The van der Waals surface area contributed by atoms with Crippen LogP contribution in [0.2, 0.25) is 5.02 Å². The fourth-order valence-corrected chi connectivity index (χ4v) is 3.97. The quantitative estimate of drug-likeness (QED) is 0.660. The van der Waals surface area contributed by atoms with Gasteiger partial charge in [-0.15, -0.1) is 0 Å². The maximum atomic E-state index is 13.0. The van der Waals surface area contributed by atoms with E-state index in [1.807, 2.05) is 13.0 Å². The lowest BCUT2D eigenvalue weighted by atomic mass is 10.1. The zero-order chi connectivity index (χ0) is 15.9. The molecule has 0 N–H and O–H groups in total. The zero-order valence-electron chi connectivity index (χ0n) is 11.5. The second kappa shape index (κ2) is 5.34. The summed E-state index contributed by atoms with van der Waals surface area (Å²) in [6.45, 7) is 1.89. The molecule has 0 radical (unpaired) electrons. The van der Waals surface area contributed by atoms with Crippen LogP contribution in [-0.4, -0.2) is 13.4 Å². The van der Waals surface area contributed by atoms with Crippen LogP contribution in [0.4, 0.5) is 4.39 Å². The largest absolute Gasteiger partial charge is 0.255 e. The molecule has 0 saturated heterocycles. The Labute approximate surface area is 132 Å². The lowest BCUT2D eigenvalue weighted by Crippen LogP contribution is -2.04. The van der Waals surface area contributed by atoms with Gasteiger partial charge in [-0.2, -0.15) is 0 Å². The van der Waals surface area contributed by atoms with Crippen LogP contribution in [0.15, 0.2) is 58.5 Å². The zero-order valence-corrected chi connectivity index (χ0v) is 13.1. The smallest absolute Gasteiger partial charge is 0.209 e. The van der Waals surface area contributed by atoms with Gasteiger partial charge in [0.2, 0.25) is 9.84 Å². The summed E-state index contributed by atoms with van der Waals surface area (Å²) >= 11 is 6.29. The van der Waals surface area contributed by atoms with Crippen LogP contribution in [0.5, 0.6) is 0 Å². The van der Waals surface area contributed by atoms with Gasteiger partial charge in [0.15, 0.2) is 0 Å². The normalized spacial score (nSPS) is 11.8. The van der Waals surface area contributed by atoms with Crippen molar-refractivity contribution in [1.82, 2.24) is 4.98 Å². The number of fused-ring (bicyclic) bond motifs is 1. The minimum Gasteiger partial charge on any atom is -0.255 e.